The molecule has 1 aliphatic rings. The fraction of sp³-hybridized carbons (Fsp3) is 0.278. The standard InChI is InChI=1S/C18H19N3O3S2/c22-26(23,21-9-11-24-12-10-21)15-7-5-14(6-8-15)13-19-18-20-16-3-1-2-4-17(16)25-18/h1-8H,9-13H2,(H,19,20). The van der Waals surface area contributed by atoms with Crippen molar-refractivity contribution in [2.75, 3.05) is 31.6 Å². The van der Waals surface area contributed by atoms with Gasteiger partial charge in [0.1, 0.15) is 0 Å². The summed E-state index contributed by atoms with van der Waals surface area (Å²) in [6, 6.07) is 15.0. The van der Waals surface area contributed by atoms with E-state index in [1.165, 1.54) is 4.31 Å². The fourth-order valence-corrected chi connectivity index (χ4v) is 5.11. The highest BCUT2D eigenvalue weighted by molar-refractivity contribution is 7.89. The Morgan fingerprint density at radius 3 is 2.54 bits per heavy atom. The molecular formula is C18H19N3O3S2. The van der Waals surface area contributed by atoms with Crippen molar-refractivity contribution in [3.8, 4) is 0 Å². The molecule has 0 radical (unpaired) electrons. The zero-order valence-corrected chi connectivity index (χ0v) is 15.7. The molecule has 26 heavy (non-hydrogen) atoms. The summed E-state index contributed by atoms with van der Waals surface area (Å²) in [4.78, 5) is 4.86. The lowest BCUT2D eigenvalue weighted by atomic mass is 10.2. The molecule has 4 rings (SSSR count). The van der Waals surface area contributed by atoms with E-state index in [1.807, 2.05) is 36.4 Å². The normalized spacial score (nSPS) is 16.0. The van der Waals surface area contributed by atoms with Crippen molar-refractivity contribution in [2.24, 2.45) is 0 Å². The summed E-state index contributed by atoms with van der Waals surface area (Å²) in [6.45, 7) is 2.30. The number of morpholine rings is 1. The van der Waals surface area contributed by atoms with Gasteiger partial charge in [0.15, 0.2) is 5.13 Å². The molecule has 6 nitrogen and oxygen atoms in total. The second-order valence-corrected chi connectivity index (χ2v) is 8.97. The van der Waals surface area contributed by atoms with E-state index in [0.29, 0.717) is 37.7 Å². The third kappa shape index (κ3) is 3.59. The van der Waals surface area contributed by atoms with Gasteiger partial charge >= 0.3 is 0 Å². The van der Waals surface area contributed by atoms with Crippen LogP contribution in [0, 0.1) is 0 Å². The van der Waals surface area contributed by atoms with E-state index < -0.39 is 10.0 Å². The van der Waals surface area contributed by atoms with Crippen LogP contribution in [-0.4, -0.2) is 44.0 Å². The van der Waals surface area contributed by atoms with Crippen LogP contribution in [-0.2, 0) is 21.3 Å². The smallest absolute Gasteiger partial charge is 0.243 e. The van der Waals surface area contributed by atoms with Crippen LogP contribution in [0.25, 0.3) is 10.2 Å². The summed E-state index contributed by atoms with van der Waals surface area (Å²) in [7, 11) is -3.44. The number of thiazole rings is 1. The Morgan fingerprint density at radius 1 is 1.08 bits per heavy atom. The van der Waals surface area contributed by atoms with Gasteiger partial charge in [-0.15, -0.1) is 0 Å². The molecule has 0 spiro atoms. The lowest BCUT2D eigenvalue weighted by Gasteiger charge is -2.26. The van der Waals surface area contributed by atoms with Gasteiger partial charge in [0.05, 0.1) is 28.3 Å². The number of benzene rings is 2. The highest BCUT2D eigenvalue weighted by Crippen LogP contribution is 2.26. The highest BCUT2D eigenvalue weighted by atomic mass is 32.2. The quantitative estimate of drug-likeness (QED) is 0.726. The lowest BCUT2D eigenvalue weighted by molar-refractivity contribution is 0.0730. The average Bonchev–Trinajstić information content (AvgIpc) is 3.10. The molecule has 1 aliphatic heterocycles. The number of fused-ring (bicyclic) bond motifs is 1. The van der Waals surface area contributed by atoms with Crippen molar-refractivity contribution < 1.29 is 13.2 Å². The van der Waals surface area contributed by atoms with E-state index in [-0.39, 0.29) is 0 Å². The summed E-state index contributed by atoms with van der Waals surface area (Å²) in [5.74, 6) is 0. The van der Waals surface area contributed by atoms with Gasteiger partial charge in [-0.2, -0.15) is 4.31 Å². The molecule has 0 bridgehead atoms. The molecular weight excluding hydrogens is 370 g/mol. The number of hydrogen-bond acceptors (Lipinski definition) is 6. The number of rotatable bonds is 5. The number of sulfonamides is 1. The number of para-hydroxylation sites is 1. The monoisotopic (exact) mass is 389 g/mol. The van der Waals surface area contributed by atoms with Crippen LogP contribution in [0.2, 0.25) is 0 Å². The maximum Gasteiger partial charge on any atom is 0.243 e. The molecule has 2 heterocycles. The van der Waals surface area contributed by atoms with Crippen LogP contribution >= 0.6 is 11.3 Å². The Bertz CT molecular complexity index is 961. The third-order valence-electron chi connectivity index (χ3n) is 4.27. The zero-order chi connectivity index (χ0) is 18.0. The molecule has 2 aromatic carbocycles. The number of nitrogens with zero attached hydrogens (tertiary/aromatic N) is 2. The first-order valence-electron chi connectivity index (χ1n) is 8.39. The minimum Gasteiger partial charge on any atom is -0.379 e. The molecule has 0 unspecified atom stereocenters. The second kappa shape index (κ2) is 7.32. The Kier molecular flexibility index (Phi) is 4.90. The topological polar surface area (TPSA) is 71.5 Å². The van der Waals surface area contributed by atoms with Gasteiger partial charge in [0.2, 0.25) is 10.0 Å². The number of anilines is 1. The van der Waals surface area contributed by atoms with E-state index >= 15 is 0 Å². The van der Waals surface area contributed by atoms with Crippen LogP contribution in [0.1, 0.15) is 5.56 Å². The van der Waals surface area contributed by atoms with E-state index in [1.54, 1.807) is 23.5 Å². The van der Waals surface area contributed by atoms with E-state index in [9.17, 15) is 8.42 Å². The summed E-state index contributed by atoms with van der Waals surface area (Å²) in [5, 5.41) is 4.16. The molecule has 0 aliphatic carbocycles. The molecule has 1 fully saturated rings. The Labute approximate surface area is 156 Å². The second-order valence-electron chi connectivity index (χ2n) is 6.00. The summed E-state index contributed by atoms with van der Waals surface area (Å²) < 4.78 is 33.1. The van der Waals surface area contributed by atoms with Gasteiger partial charge in [-0.1, -0.05) is 35.6 Å². The third-order valence-corrected chi connectivity index (χ3v) is 7.18. The minimum atomic E-state index is -3.44. The Balaban J connectivity index is 1.44. The number of aromatic nitrogens is 1. The van der Waals surface area contributed by atoms with Crippen LogP contribution in [0.4, 0.5) is 5.13 Å². The number of nitrogens with one attached hydrogen (secondary N) is 1. The summed E-state index contributed by atoms with van der Waals surface area (Å²) >= 11 is 1.61. The van der Waals surface area contributed by atoms with Gasteiger partial charge in [-0.05, 0) is 29.8 Å². The lowest BCUT2D eigenvalue weighted by Crippen LogP contribution is -2.40. The Morgan fingerprint density at radius 2 is 1.81 bits per heavy atom. The van der Waals surface area contributed by atoms with Gasteiger partial charge in [-0.3, -0.25) is 0 Å². The van der Waals surface area contributed by atoms with Crippen LogP contribution < -0.4 is 5.32 Å². The SMILES string of the molecule is O=S(=O)(c1ccc(CNc2nc3ccccc3s2)cc1)N1CCOCC1. The molecule has 0 saturated carbocycles. The fourth-order valence-electron chi connectivity index (χ4n) is 2.84. The zero-order valence-electron chi connectivity index (χ0n) is 14.1. The molecule has 0 amide bonds. The first-order valence-corrected chi connectivity index (χ1v) is 10.6. The van der Waals surface area contributed by atoms with Crippen molar-refractivity contribution in [1.82, 2.24) is 9.29 Å². The largest absolute Gasteiger partial charge is 0.379 e. The van der Waals surface area contributed by atoms with Gasteiger partial charge < -0.3 is 10.1 Å². The van der Waals surface area contributed by atoms with Crippen molar-refractivity contribution in [1.29, 1.82) is 0 Å². The van der Waals surface area contributed by atoms with Crippen LogP contribution in [0.3, 0.4) is 0 Å². The molecule has 0 atom stereocenters. The van der Waals surface area contributed by atoms with Crippen LogP contribution in [0.15, 0.2) is 53.4 Å². The first-order chi connectivity index (χ1) is 12.6. The predicted molar refractivity (Wildman–Crippen MR) is 103 cm³/mol. The predicted octanol–water partition coefficient (Wildman–Crippen LogP) is 2.93. The molecule has 3 aromatic rings. The summed E-state index contributed by atoms with van der Waals surface area (Å²) in [6.07, 6.45) is 0. The highest BCUT2D eigenvalue weighted by Gasteiger charge is 2.25. The molecule has 1 N–H and O–H groups in total. The summed E-state index contributed by atoms with van der Waals surface area (Å²) in [5.41, 5.74) is 1.98. The van der Waals surface area contributed by atoms with Gasteiger partial charge in [-0.25, -0.2) is 13.4 Å². The maximum atomic E-state index is 12.6. The van der Waals surface area contributed by atoms with Crippen LogP contribution in [0.5, 0.6) is 0 Å². The van der Waals surface area contributed by atoms with E-state index in [4.69, 9.17) is 4.74 Å². The average molecular weight is 390 g/mol. The molecule has 136 valence electrons. The Hall–Kier alpha value is -2.00. The van der Waals surface area contributed by atoms with Gasteiger partial charge in [0.25, 0.3) is 0 Å². The van der Waals surface area contributed by atoms with Crippen molar-refractivity contribution in [3.05, 3.63) is 54.1 Å². The first kappa shape index (κ1) is 17.4. The van der Waals surface area contributed by atoms with Crippen molar-refractivity contribution in [2.45, 2.75) is 11.4 Å². The van der Waals surface area contributed by atoms with E-state index in [2.05, 4.69) is 10.3 Å². The minimum absolute atomic E-state index is 0.322. The van der Waals surface area contributed by atoms with Crippen molar-refractivity contribution >= 4 is 36.7 Å². The number of ether oxygens (including phenoxy) is 1. The number of hydrogen-bond donors (Lipinski definition) is 1. The van der Waals surface area contributed by atoms with Crippen molar-refractivity contribution in [3.63, 3.8) is 0 Å². The molecule has 1 aromatic heterocycles. The maximum absolute atomic E-state index is 12.6. The molecule has 1 saturated heterocycles. The molecule has 8 heteroatoms. The van der Waals surface area contributed by atoms with E-state index in [0.717, 1.165) is 20.9 Å². The van der Waals surface area contributed by atoms with Gasteiger partial charge in [0, 0.05) is 19.6 Å².